The maximum absolute atomic E-state index is 12.4. The van der Waals surface area contributed by atoms with Crippen molar-refractivity contribution in [3.63, 3.8) is 0 Å². The minimum Gasteiger partial charge on any atom is -0.480 e. The fraction of sp³-hybridized carbons (Fsp3) is 0.105. The minimum atomic E-state index is -0.455. The number of fused-ring (bicyclic) bond motifs is 2. The number of para-hydroxylation sites is 1. The topological polar surface area (TPSA) is 38.3 Å². The zero-order chi connectivity index (χ0) is 14.9. The molecule has 1 atom stereocenters. The number of carbonyl (C=O) groups excluding carboxylic acids is 1. The third-order valence-electron chi connectivity index (χ3n) is 3.96. The second-order valence-corrected chi connectivity index (χ2v) is 5.47. The summed E-state index contributed by atoms with van der Waals surface area (Å²) in [7, 11) is 0. The van der Waals surface area contributed by atoms with E-state index in [2.05, 4.69) is 11.4 Å². The summed E-state index contributed by atoms with van der Waals surface area (Å²) in [5.41, 5.74) is 1.88. The molecule has 0 fully saturated rings. The molecule has 22 heavy (non-hydrogen) atoms. The van der Waals surface area contributed by atoms with Crippen molar-refractivity contribution in [1.82, 2.24) is 0 Å². The van der Waals surface area contributed by atoms with E-state index in [0.717, 1.165) is 27.8 Å². The van der Waals surface area contributed by atoms with Crippen molar-refractivity contribution in [3.8, 4) is 5.75 Å². The Morgan fingerprint density at radius 2 is 1.73 bits per heavy atom. The highest BCUT2D eigenvalue weighted by Gasteiger charge is 2.28. The normalized spacial score (nSPS) is 16.1. The number of anilines is 1. The Kier molecular flexibility index (Phi) is 3.04. The van der Waals surface area contributed by atoms with Crippen molar-refractivity contribution in [2.75, 3.05) is 5.32 Å². The Morgan fingerprint density at radius 1 is 0.955 bits per heavy atom. The molecule has 1 aliphatic heterocycles. The van der Waals surface area contributed by atoms with Gasteiger partial charge in [0, 0.05) is 12.1 Å². The largest absolute Gasteiger partial charge is 0.480 e. The molecule has 0 spiro atoms. The first kappa shape index (κ1) is 12.9. The van der Waals surface area contributed by atoms with Crippen molar-refractivity contribution in [3.05, 3.63) is 72.3 Å². The van der Waals surface area contributed by atoms with Crippen LogP contribution in [0.1, 0.15) is 5.56 Å². The van der Waals surface area contributed by atoms with Gasteiger partial charge in [-0.1, -0.05) is 48.5 Å². The van der Waals surface area contributed by atoms with Gasteiger partial charge >= 0.3 is 0 Å². The molecule has 1 aliphatic rings. The molecule has 0 aromatic heterocycles. The van der Waals surface area contributed by atoms with Gasteiger partial charge in [-0.05, 0) is 34.5 Å². The molecule has 3 nitrogen and oxygen atoms in total. The fourth-order valence-corrected chi connectivity index (χ4v) is 2.82. The van der Waals surface area contributed by atoms with Gasteiger partial charge < -0.3 is 10.1 Å². The van der Waals surface area contributed by atoms with Crippen LogP contribution >= 0.6 is 0 Å². The maximum Gasteiger partial charge on any atom is 0.265 e. The van der Waals surface area contributed by atoms with Gasteiger partial charge in [-0.3, -0.25) is 4.79 Å². The van der Waals surface area contributed by atoms with Crippen LogP contribution in [0.2, 0.25) is 0 Å². The molecule has 108 valence electrons. The lowest BCUT2D eigenvalue weighted by Gasteiger charge is -2.12. The summed E-state index contributed by atoms with van der Waals surface area (Å²) in [5, 5.41) is 5.21. The van der Waals surface area contributed by atoms with E-state index in [1.54, 1.807) is 0 Å². The number of benzene rings is 3. The number of nitrogens with one attached hydrogen (secondary N) is 1. The maximum atomic E-state index is 12.4. The Morgan fingerprint density at radius 3 is 2.59 bits per heavy atom. The van der Waals surface area contributed by atoms with Crippen LogP contribution in [0.25, 0.3) is 10.8 Å². The Bertz CT molecular complexity index is 832. The van der Waals surface area contributed by atoms with Crippen molar-refractivity contribution < 1.29 is 9.53 Å². The summed E-state index contributed by atoms with van der Waals surface area (Å²) in [6.45, 7) is 0. The molecule has 3 heteroatoms. The SMILES string of the molecule is O=C(Nc1ccc2ccccc2c1)[C@@H]1Cc2ccccc2O1. The van der Waals surface area contributed by atoms with E-state index in [-0.39, 0.29) is 5.91 Å². The van der Waals surface area contributed by atoms with E-state index < -0.39 is 6.10 Å². The van der Waals surface area contributed by atoms with Gasteiger partial charge in [0.05, 0.1) is 0 Å². The Hall–Kier alpha value is -2.81. The molecule has 3 aromatic carbocycles. The smallest absolute Gasteiger partial charge is 0.265 e. The third-order valence-corrected chi connectivity index (χ3v) is 3.96. The minimum absolute atomic E-state index is 0.105. The molecule has 0 aliphatic carbocycles. The number of hydrogen-bond acceptors (Lipinski definition) is 2. The molecule has 0 radical (unpaired) electrons. The van der Waals surface area contributed by atoms with Crippen molar-refractivity contribution in [1.29, 1.82) is 0 Å². The van der Waals surface area contributed by atoms with Crippen molar-refractivity contribution in [2.45, 2.75) is 12.5 Å². The van der Waals surface area contributed by atoms with Crippen LogP contribution in [0.3, 0.4) is 0 Å². The van der Waals surface area contributed by atoms with Gasteiger partial charge in [0.1, 0.15) is 5.75 Å². The predicted octanol–water partition coefficient (Wildman–Crippen LogP) is 3.78. The van der Waals surface area contributed by atoms with Gasteiger partial charge in [0.25, 0.3) is 5.91 Å². The molecule has 0 saturated carbocycles. The second kappa shape index (κ2) is 5.19. The van der Waals surface area contributed by atoms with E-state index in [0.29, 0.717) is 6.42 Å². The second-order valence-electron chi connectivity index (χ2n) is 5.47. The summed E-state index contributed by atoms with van der Waals surface area (Å²) in [5.74, 6) is 0.702. The molecule has 0 bridgehead atoms. The molecular formula is C19H15NO2. The van der Waals surface area contributed by atoms with Crippen LogP contribution in [-0.2, 0) is 11.2 Å². The predicted molar refractivity (Wildman–Crippen MR) is 87.1 cm³/mol. The van der Waals surface area contributed by atoms with Crippen LogP contribution < -0.4 is 10.1 Å². The quantitative estimate of drug-likeness (QED) is 0.779. The van der Waals surface area contributed by atoms with Crippen molar-refractivity contribution >= 4 is 22.4 Å². The van der Waals surface area contributed by atoms with Crippen LogP contribution in [0, 0.1) is 0 Å². The summed E-state index contributed by atoms with van der Waals surface area (Å²) in [6.07, 6.45) is 0.166. The lowest BCUT2D eigenvalue weighted by atomic mass is 10.1. The molecule has 0 unspecified atom stereocenters. The molecule has 1 N–H and O–H groups in total. The zero-order valence-electron chi connectivity index (χ0n) is 12.0. The van der Waals surface area contributed by atoms with Gasteiger partial charge in [-0.15, -0.1) is 0 Å². The first-order valence-electron chi connectivity index (χ1n) is 7.34. The molecule has 3 aromatic rings. The monoisotopic (exact) mass is 289 g/mol. The number of carbonyl (C=O) groups is 1. The lowest BCUT2D eigenvalue weighted by Crippen LogP contribution is -2.31. The Balaban J connectivity index is 1.52. The average Bonchev–Trinajstić information content (AvgIpc) is 2.99. The van der Waals surface area contributed by atoms with Crippen LogP contribution in [0.5, 0.6) is 5.75 Å². The Labute approximate surface area is 128 Å². The van der Waals surface area contributed by atoms with Crippen molar-refractivity contribution in [2.24, 2.45) is 0 Å². The standard InChI is InChI=1S/C19H15NO2/c21-19(18-12-15-7-3-4-8-17(15)22-18)20-16-10-9-13-5-1-2-6-14(13)11-16/h1-11,18H,12H2,(H,20,21)/t18-/m0/s1. The van der Waals surface area contributed by atoms with Gasteiger partial charge in [0.15, 0.2) is 6.10 Å². The zero-order valence-corrected chi connectivity index (χ0v) is 12.0. The lowest BCUT2D eigenvalue weighted by molar-refractivity contribution is -0.122. The number of hydrogen-bond donors (Lipinski definition) is 1. The molecule has 0 saturated heterocycles. The van der Waals surface area contributed by atoms with E-state index in [1.807, 2.05) is 60.7 Å². The van der Waals surface area contributed by atoms with Gasteiger partial charge in [0.2, 0.25) is 0 Å². The summed E-state index contributed by atoms with van der Waals surface area (Å²) in [4.78, 5) is 12.4. The van der Waals surface area contributed by atoms with E-state index >= 15 is 0 Å². The highest BCUT2D eigenvalue weighted by atomic mass is 16.5. The van der Waals surface area contributed by atoms with E-state index in [4.69, 9.17) is 4.74 Å². The molecule has 1 amide bonds. The summed E-state index contributed by atoms with van der Waals surface area (Å²) in [6, 6.07) is 21.8. The molecule has 1 heterocycles. The number of amides is 1. The van der Waals surface area contributed by atoms with Gasteiger partial charge in [-0.2, -0.15) is 0 Å². The summed E-state index contributed by atoms with van der Waals surface area (Å²) < 4.78 is 5.72. The van der Waals surface area contributed by atoms with Crippen LogP contribution in [0.15, 0.2) is 66.7 Å². The highest BCUT2D eigenvalue weighted by molar-refractivity contribution is 5.97. The fourth-order valence-electron chi connectivity index (χ4n) is 2.82. The molecular weight excluding hydrogens is 274 g/mol. The first-order valence-corrected chi connectivity index (χ1v) is 7.34. The molecule has 4 rings (SSSR count). The van der Waals surface area contributed by atoms with Crippen LogP contribution in [-0.4, -0.2) is 12.0 Å². The number of rotatable bonds is 2. The van der Waals surface area contributed by atoms with E-state index in [9.17, 15) is 4.79 Å². The highest BCUT2D eigenvalue weighted by Crippen LogP contribution is 2.29. The first-order chi connectivity index (χ1) is 10.8. The third kappa shape index (κ3) is 2.31. The van der Waals surface area contributed by atoms with Gasteiger partial charge in [-0.25, -0.2) is 0 Å². The van der Waals surface area contributed by atoms with Crippen LogP contribution in [0.4, 0.5) is 5.69 Å². The summed E-state index contributed by atoms with van der Waals surface area (Å²) >= 11 is 0. The number of ether oxygens (including phenoxy) is 1. The van der Waals surface area contributed by atoms with E-state index in [1.165, 1.54) is 0 Å². The average molecular weight is 289 g/mol.